The van der Waals surface area contributed by atoms with Crippen molar-refractivity contribution in [2.75, 3.05) is 23.8 Å². The normalized spacial score (nSPS) is 10.1. The number of carbonyl (C=O) groups excluding carboxylic acids is 2. The van der Waals surface area contributed by atoms with Crippen molar-refractivity contribution in [2.24, 2.45) is 5.73 Å². The number of benzene rings is 2. The second-order valence-corrected chi connectivity index (χ2v) is 5.13. The Hall–Kier alpha value is -2.53. The van der Waals surface area contributed by atoms with Gasteiger partial charge in [0.25, 0.3) is 5.91 Å². The Morgan fingerprint density at radius 3 is 2.50 bits per heavy atom. The molecular weight excluding hydrogens is 302 g/mol. The van der Waals surface area contributed by atoms with Crippen molar-refractivity contribution < 1.29 is 9.59 Å². The number of amides is 2. The molecule has 0 saturated heterocycles. The highest BCUT2D eigenvalue weighted by atomic mass is 35.5. The van der Waals surface area contributed by atoms with Crippen LogP contribution in [0.5, 0.6) is 0 Å². The van der Waals surface area contributed by atoms with Crippen LogP contribution in [-0.4, -0.2) is 25.4 Å². The van der Waals surface area contributed by atoms with E-state index < -0.39 is 5.91 Å². The quantitative estimate of drug-likeness (QED) is 0.889. The minimum atomic E-state index is -0.603. The molecule has 2 amide bonds. The van der Waals surface area contributed by atoms with E-state index in [0.717, 1.165) is 5.69 Å². The zero-order chi connectivity index (χ0) is 16.1. The van der Waals surface area contributed by atoms with Gasteiger partial charge in [0.05, 0.1) is 12.1 Å². The van der Waals surface area contributed by atoms with Crippen molar-refractivity contribution in [3.05, 3.63) is 59.1 Å². The highest BCUT2D eigenvalue weighted by molar-refractivity contribution is 6.31. The molecule has 0 heterocycles. The number of likely N-dealkylation sites (N-methyl/N-ethyl adjacent to an activating group) is 1. The van der Waals surface area contributed by atoms with Crippen LogP contribution in [0.15, 0.2) is 48.5 Å². The summed E-state index contributed by atoms with van der Waals surface area (Å²) in [6, 6.07) is 14.0. The molecule has 114 valence electrons. The summed E-state index contributed by atoms with van der Waals surface area (Å²) < 4.78 is 0. The molecule has 0 aliphatic heterocycles. The maximum atomic E-state index is 12.2. The van der Waals surface area contributed by atoms with Crippen LogP contribution in [0.25, 0.3) is 0 Å². The molecule has 22 heavy (non-hydrogen) atoms. The SMILES string of the molecule is CN(C(=O)CNc1ccc(Cl)cc1C(N)=O)c1ccccc1. The fourth-order valence-electron chi connectivity index (χ4n) is 1.96. The zero-order valence-electron chi connectivity index (χ0n) is 12.0. The molecular formula is C16H16ClN3O2. The van der Waals surface area contributed by atoms with Crippen LogP contribution in [-0.2, 0) is 4.79 Å². The van der Waals surface area contributed by atoms with Crippen LogP contribution in [0.2, 0.25) is 5.02 Å². The first-order valence-corrected chi connectivity index (χ1v) is 7.01. The highest BCUT2D eigenvalue weighted by Gasteiger charge is 2.13. The standard InChI is InChI=1S/C16H16ClN3O2/c1-20(12-5-3-2-4-6-12)15(21)10-19-14-8-7-11(17)9-13(14)16(18)22/h2-9,19H,10H2,1H3,(H2,18,22). The van der Waals surface area contributed by atoms with Gasteiger partial charge in [-0.15, -0.1) is 0 Å². The van der Waals surface area contributed by atoms with Gasteiger partial charge in [0.1, 0.15) is 0 Å². The third kappa shape index (κ3) is 3.77. The summed E-state index contributed by atoms with van der Waals surface area (Å²) in [6.07, 6.45) is 0. The highest BCUT2D eigenvalue weighted by Crippen LogP contribution is 2.20. The Kier molecular flexibility index (Phi) is 5.01. The van der Waals surface area contributed by atoms with E-state index in [1.807, 2.05) is 30.3 Å². The van der Waals surface area contributed by atoms with Gasteiger partial charge in [0.2, 0.25) is 5.91 Å². The predicted molar refractivity (Wildman–Crippen MR) is 88.3 cm³/mol. The Morgan fingerprint density at radius 2 is 1.86 bits per heavy atom. The average Bonchev–Trinajstić information content (AvgIpc) is 2.53. The van der Waals surface area contributed by atoms with Crippen molar-refractivity contribution >= 4 is 34.8 Å². The van der Waals surface area contributed by atoms with Crippen molar-refractivity contribution in [1.29, 1.82) is 0 Å². The average molecular weight is 318 g/mol. The summed E-state index contributed by atoms with van der Waals surface area (Å²) in [5.74, 6) is -0.745. The summed E-state index contributed by atoms with van der Waals surface area (Å²) in [6.45, 7) is 0.0350. The number of nitrogens with two attached hydrogens (primary N) is 1. The van der Waals surface area contributed by atoms with Gasteiger partial charge in [-0.05, 0) is 30.3 Å². The first kappa shape index (κ1) is 15.9. The van der Waals surface area contributed by atoms with E-state index in [4.69, 9.17) is 17.3 Å². The minimum absolute atomic E-state index is 0.0350. The van der Waals surface area contributed by atoms with E-state index >= 15 is 0 Å². The first-order valence-electron chi connectivity index (χ1n) is 6.64. The largest absolute Gasteiger partial charge is 0.375 e. The third-order valence-corrected chi connectivity index (χ3v) is 3.43. The lowest BCUT2D eigenvalue weighted by atomic mass is 10.1. The number of nitrogens with one attached hydrogen (secondary N) is 1. The molecule has 0 aromatic heterocycles. The molecule has 3 N–H and O–H groups in total. The number of anilines is 2. The van der Waals surface area contributed by atoms with E-state index in [9.17, 15) is 9.59 Å². The number of carbonyl (C=O) groups is 2. The predicted octanol–water partition coefficient (Wildman–Crippen LogP) is 2.51. The number of hydrogen-bond donors (Lipinski definition) is 2. The molecule has 6 heteroatoms. The van der Waals surface area contributed by atoms with Gasteiger partial charge in [-0.2, -0.15) is 0 Å². The zero-order valence-corrected chi connectivity index (χ0v) is 12.8. The molecule has 0 bridgehead atoms. The van der Waals surface area contributed by atoms with Crippen LogP contribution < -0.4 is 16.0 Å². The lowest BCUT2D eigenvalue weighted by molar-refractivity contribution is -0.116. The van der Waals surface area contributed by atoms with Gasteiger partial charge in [-0.1, -0.05) is 29.8 Å². The summed E-state index contributed by atoms with van der Waals surface area (Å²) in [5.41, 5.74) is 6.83. The van der Waals surface area contributed by atoms with Gasteiger partial charge >= 0.3 is 0 Å². The minimum Gasteiger partial charge on any atom is -0.375 e. The molecule has 0 aliphatic rings. The second kappa shape index (κ2) is 6.95. The van der Waals surface area contributed by atoms with Crippen LogP contribution in [0.4, 0.5) is 11.4 Å². The van der Waals surface area contributed by atoms with Crippen LogP contribution in [0.1, 0.15) is 10.4 Å². The number of para-hydroxylation sites is 1. The lowest BCUT2D eigenvalue weighted by Crippen LogP contribution is -2.32. The number of primary amides is 1. The van der Waals surface area contributed by atoms with Gasteiger partial charge in [-0.3, -0.25) is 9.59 Å². The van der Waals surface area contributed by atoms with E-state index in [0.29, 0.717) is 10.7 Å². The molecule has 0 fully saturated rings. The Balaban J connectivity index is 2.07. The van der Waals surface area contributed by atoms with E-state index in [1.54, 1.807) is 19.2 Å². The molecule has 2 rings (SSSR count). The van der Waals surface area contributed by atoms with Crippen LogP contribution in [0, 0.1) is 0 Å². The second-order valence-electron chi connectivity index (χ2n) is 4.70. The van der Waals surface area contributed by atoms with Gasteiger partial charge in [0, 0.05) is 23.4 Å². The number of halogens is 1. The summed E-state index contributed by atoms with van der Waals surface area (Å²) in [4.78, 5) is 25.1. The molecule has 2 aromatic rings. The molecule has 5 nitrogen and oxygen atoms in total. The fourth-order valence-corrected chi connectivity index (χ4v) is 2.13. The Labute approximate surface area is 133 Å². The number of hydrogen-bond acceptors (Lipinski definition) is 3. The summed E-state index contributed by atoms with van der Waals surface area (Å²) >= 11 is 5.84. The maximum absolute atomic E-state index is 12.2. The van der Waals surface area contributed by atoms with Crippen molar-refractivity contribution in [3.8, 4) is 0 Å². The van der Waals surface area contributed by atoms with Crippen molar-refractivity contribution in [3.63, 3.8) is 0 Å². The molecule has 0 radical (unpaired) electrons. The smallest absolute Gasteiger partial charge is 0.250 e. The molecule has 0 saturated carbocycles. The maximum Gasteiger partial charge on any atom is 0.250 e. The molecule has 0 aliphatic carbocycles. The van der Waals surface area contributed by atoms with Crippen LogP contribution >= 0.6 is 11.6 Å². The summed E-state index contributed by atoms with van der Waals surface area (Å²) in [5, 5.41) is 3.33. The number of rotatable bonds is 5. The Morgan fingerprint density at radius 1 is 1.18 bits per heavy atom. The van der Waals surface area contributed by atoms with Crippen molar-refractivity contribution in [2.45, 2.75) is 0 Å². The Bertz CT molecular complexity index is 689. The monoisotopic (exact) mass is 317 g/mol. The lowest BCUT2D eigenvalue weighted by Gasteiger charge is -2.18. The first-order chi connectivity index (χ1) is 10.5. The van der Waals surface area contributed by atoms with Gasteiger partial charge < -0.3 is 16.0 Å². The number of nitrogens with zero attached hydrogens (tertiary/aromatic N) is 1. The van der Waals surface area contributed by atoms with E-state index in [-0.39, 0.29) is 18.0 Å². The van der Waals surface area contributed by atoms with Crippen molar-refractivity contribution in [1.82, 2.24) is 0 Å². The van der Waals surface area contributed by atoms with Crippen LogP contribution in [0.3, 0.4) is 0 Å². The topological polar surface area (TPSA) is 75.4 Å². The summed E-state index contributed by atoms with van der Waals surface area (Å²) in [7, 11) is 1.69. The third-order valence-electron chi connectivity index (χ3n) is 3.19. The fraction of sp³-hybridized carbons (Fsp3) is 0.125. The van der Waals surface area contributed by atoms with Gasteiger partial charge in [0.15, 0.2) is 0 Å². The molecule has 0 unspecified atom stereocenters. The molecule has 0 atom stereocenters. The van der Waals surface area contributed by atoms with E-state index in [2.05, 4.69) is 5.32 Å². The van der Waals surface area contributed by atoms with E-state index in [1.165, 1.54) is 11.0 Å². The molecule has 2 aromatic carbocycles. The molecule has 0 spiro atoms. The van der Waals surface area contributed by atoms with Gasteiger partial charge in [-0.25, -0.2) is 0 Å².